The van der Waals surface area contributed by atoms with Gasteiger partial charge in [-0.25, -0.2) is 0 Å². The zero-order chi connectivity index (χ0) is 38.2. The number of hydrogen-bond acceptors (Lipinski definition) is 4. The maximum absolute atomic E-state index is 7.00. The molecular weight excluding hydrogens is 743 g/mol. The molecule has 2 aromatic heterocycles. The molecular formula is C54H43NOS2. The van der Waals surface area contributed by atoms with Crippen molar-refractivity contribution in [3.8, 4) is 11.1 Å². The minimum absolute atomic E-state index is 0.348. The first-order chi connectivity index (χ1) is 28.8. The quantitative estimate of drug-likeness (QED) is 0.167. The van der Waals surface area contributed by atoms with E-state index in [1.54, 1.807) is 5.56 Å². The number of allylic oxidation sites excluding steroid dienone is 12. The fourth-order valence-corrected chi connectivity index (χ4v) is 13.1. The van der Waals surface area contributed by atoms with Gasteiger partial charge in [-0.3, -0.25) is 0 Å². The Labute approximate surface area is 348 Å². The zero-order valence-electron chi connectivity index (χ0n) is 32.4. The van der Waals surface area contributed by atoms with Crippen LogP contribution in [-0.4, -0.2) is 5.25 Å². The Morgan fingerprint density at radius 1 is 0.724 bits per heavy atom. The molecule has 4 heteroatoms. The van der Waals surface area contributed by atoms with Crippen molar-refractivity contribution >= 4 is 68.1 Å². The van der Waals surface area contributed by atoms with Crippen molar-refractivity contribution in [3.63, 3.8) is 0 Å². The van der Waals surface area contributed by atoms with Crippen molar-refractivity contribution < 1.29 is 4.42 Å². The molecule has 6 aromatic rings. The second-order valence-electron chi connectivity index (χ2n) is 16.3. The second-order valence-corrected chi connectivity index (χ2v) is 18.5. The SMILES string of the molecule is C1=CC(C2=CCCc3c2sc2c3=CCCC=2N(C2=CCC(C3=CC4Sc5ccccc5C4C=C3)C=C2)c2cccc3c2oc2cccc(-c4ccccc4)c23)=CCC1. The Morgan fingerprint density at radius 2 is 1.62 bits per heavy atom. The molecule has 58 heavy (non-hydrogen) atoms. The maximum Gasteiger partial charge on any atom is 0.159 e. The zero-order valence-corrected chi connectivity index (χ0v) is 34.0. The van der Waals surface area contributed by atoms with E-state index in [0.717, 1.165) is 67.2 Å². The van der Waals surface area contributed by atoms with Crippen molar-refractivity contribution in [2.45, 2.75) is 61.0 Å². The number of rotatable bonds is 6. The minimum atomic E-state index is 0.348. The van der Waals surface area contributed by atoms with Gasteiger partial charge in [0.25, 0.3) is 0 Å². The Kier molecular flexibility index (Phi) is 8.37. The van der Waals surface area contributed by atoms with Crippen LogP contribution in [0.15, 0.2) is 178 Å². The highest BCUT2D eigenvalue weighted by Crippen LogP contribution is 2.50. The Bertz CT molecular complexity index is 3030. The smallest absolute Gasteiger partial charge is 0.159 e. The molecule has 6 aliphatic rings. The van der Waals surface area contributed by atoms with Gasteiger partial charge in [0.15, 0.2) is 5.58 Å². The summed E-state index contributed by atoms with van der Waals surface area (Å²) in [5.74, 6) is 0.818. The molecule has 5 aliphatic carbocycles. The molecule has 4 aromatic carbocycles. The third-order valence-electron chi connectivity index (χ3n) is 12.9. The van der Waals surface area contributed by atoms with Gasteiger partial charge in [-0.1, -0.05) is 134 Å². The molecule has 3 atom stereocenters. The third kappa shape index (κ3) is 5.60. The standard InChI is InChI=1S/C54H43NOS2/c1-3-13-35(14-4-1)39-18-12-25-48-51(39)45-22-11-23-46(52(45)56-48)55(38-30-27-34(28-31-38)37-29-32-42-41-17-7-8-26-49(41)57-50(42)33-37)47-24-10-21-44-43-20-9-19-40(53(43)58-54(44)47)36-15-5-2-6-16-36/h1,3-5,7-8,11-19,21-23,25-27,29-34,42,50H,2,6,9-10,20,24,28H2. The molecule has 3 heterocycles. The molecule has 2 nitrogen and oxygen atoms in total. The largest absolute Gasteiger partial charge is 0.454 e. The highest BCUT2D eigenvalue weighted by atomic mass is 32.2. The van der Waals surface area contributed by atoms with E-state index in [1.807, 2.05) is 23.1 Å². The number of thioether (sulfide) groups is 1. The van der Waals surface area contributed by atoms with Crippen LogP contribution in [-0.2, 0) is 6.42 Å². The van der Waals surface area contributed by atoms with Gasteiger partial charge in [-0.05, 0) is 113 Å². The fourth-order valence-electron chi connectivity index (χ4n) is 10.2. The summed E-state index contributed by atoms with van der Waals surface area (Å²) in [6.45, 7) is 0. The lowest BCUT2D eigenvalue weighted by atomic mass is 9.83. The van der Waals surface area contributed by atoms with Crippen LogP contribution < -0.4 is 14.7 Å². The van der Waals surface area contributed by atoms with Crippen LogP contribution in [0.25, 0.3) is 50.4 Å². The molecule has 0 amide bonds. The van der Waals surface area contributed by atoms with Crippen LogP contribution in [0.1, 0.15) is 60.4 Å². The monoisotopic (exact) mass is 785 g/mol. The first-order valence-electron chi connectivity index (χ1n) is 21.0. The molecule has 0 N–H and O–H groups in total. The number of thiophene rings is 1. The predicted molar refractivity (Wildman–Crippen MR) is 246 cm³/mol. The average molecular weight is 786 g/mol. The lowest BCUT2D eigenvalue weighted by Crippen LogP contribution is -2.35. The molecule has 3 unspecified atom stereocenters. The van der Waals surface area contributed by atoms with E-state index in [2.05, 4.69) is 163 Å². The number of benzene rings is 4. The molecule has 0 spiro atoms. The molecule has 0 saturated heterocycles. The summed E-state index contributed by atoms with van der Waals surface area (Å²) in [5.41, 5.74) is 15.3. The van der Waals surface area contributed by atoms with Crippen LogP contribution in [0, 0.1) is 5.92 Å². The predicted octanol–water partition coefficient (Wildman–Crippen LogP) is 13.3. The summed E-state index contributed by atoms with van der Waals surface area (Å²) >= 11 is 4.04. The van der Waals surface area contributed by atoms with Crippen LogP contribution >= 0.6 is 23.1 Å². The minimum Gasteiger partial charge on any atom is -0.454 e. The van der Waals surface area contributed by atoms with Gasteiger partial charge in [-0.15, -0.1) is 23.1 Å². The fraction of sp³-hybridized carbons (Fsp3) is 0.185. The maximum atomic E-state index is 7.00. The van der Waals surface area contributed by atoms with Crippen LogP contribution in [0.5, 0.6) is 0 Å². The summed E-state index contributed by atoms with van der Waals surface area (Å²) in [7, 11) is 0. The van der Waals surface area contributed by atoms with Gasteiger partial charge in [-0.2, -0.15) is 0 Å². The number of fused-ring (bicyclic) bond motifs is 9. The number of anilines is 1. The molecule has 1 aliphatic heterocycles. The van der Waals surface area contributed by atoms with Crippen LogP contribution in [0.3, 0.4) is 0 Å². The molecule has 0 radical (unpaired) electrons. The molecule has 0 bridgehead atoms. The Hall–Kier alpha value is -5.55. The van der Waals surface area contributed by atoms with E-state index in [-0.39, 0.29) is 0 Å². The number of furan rings is 1. The molecule has 282 valence electrons. The van der Waals surface area contributed by atoms with E-state index < -0.39 is 0 Å². The van der Waals surface area contributed by atoms with Crippen LogP contribution in [0.2, 0.25) is 0 Å². The van der Waals surface area contributed by atoms with Crippen LogP contribution in [0.4, 0.5) is 5.69 Å². The Morgan fingerprint density at radius 3 is 2.52 bits per heavy atom. The van der Waals surface area contributed by atoms with Crippen molar-refractivity contribution in [1.82, 2.24) is 0 Å². The average Bonchev–Trinajstić information content (AvgIpc) is 3.99. The highest BCUT2D eigenvalue weighted by molar-refractivity contribution is 8.00. The van der Waals surface area contributed by atoms with Crippen molar-refractivity contribution in [2.75, 3.05) is 4.90 Å². The van der Waals surface area contributed by atoms with E-state index in [4.69, 9.17) is 4.42 Å². The molecule has 0 saturated carbocycles. The highest BCUT2D eigenvalue weighted by Gasteiger charge is 2.34. The Balaban J connectivity index is 1.00. The molecule has 12 rings (SSSR count). The van der Waals surface area contributed by atoms with Crippen molar-refractivity contribution in [1.29, 1.82) is 0 Å². The van der Waals surface area contributed by atoms with E-state index in [9.17, 15) is 0 Å². The first kappa shape index (κ1) is 34.5. The van der Waals surface area contributed by atoms with Gasteiger partial charge in [0.2, 0.25) is 0 Å². The van der Waals surface area contributed by atoms with E-state index in [0.29, 0.717) is 17.1 Å². The van der Waals surface area contributed by atoms with Gasteiger partial charge in [0.05, 0.1) is 10.2 Å². The normalized spacial score (nSPS) is 21.7. The second kappa shape index (κ2) is 14.1. The lowest BCUT2D eigenvalue weighted by molar-refractivity contribution is 0.668. The van der Waals surface area contributed by atoms with E-state index in [1.165, 1.54) is 69.7 Å². The van der Waals surface area contributed by atoms with Gasteiger partial charge in [0, 0.05) is 49.0 Å². The summed E-state index contributed by atoms with van der Waals surface area (Å²) < 4.78 is 8.42. The number of para-hydroxylation sites is 1. The third-order valence-corrected chi connectivity index (χ3v) is 15.6. The summed E-state index contributed by atoms with van der Waals surface area (Å²) in [4.78, 5) is 5.48. The van der Waals surface area contributed by atoms with Gasteiger partial charge in [0.1, 0.15) is 5.58 Å². The number of hydrogen-bond donors (Lipinski definition) is 0. The topological polar surface area (TPSA) is 16.4 Å². The first-order valence-corrected chi connectivity index (χ1v) is 22.7. The van der Waals surface area contributed by atoms with Crippen molar-refractivity contribution in [3.05, 3.63) is 194 Å². The van der Waals surface area contributed by atoms with Gasteiger partial charge < -0.3 is 9.32 Å². The molecule has 0 fully saturated rings. The number of nitrogens with zero attached hydrogens (tertiary/aromatic N) is 1. The summed E-state index contributed by atoms with van der Waals surface area (Å²) in [6, 6.07) is 33.0. The van der Waals surface area contributed by atoms with Crippen molar-refractivity contribution in [2.24, 2.45) is 5.92 Å². The van der Waals surface area contributed by atoms with E-state index >= 15 is 0 Å². The lowest BCUT2D eigenvalue weighted by Gasteiger charge is -2.32. The summed E-state index contributed by atoms with van der Waals surface area (Å²) in [5, 5.41) is 4.26. The summed E-state index contributed by atoms with van der Waals surface area (Å²) in [6.07, 6.45) is 34.4. The van der Waals surface area contributed by atoms with Gasteiger partial charge >= 0.3 is 0 Å².